The van der Waals surface area contributed by atoms with Crippen LogP contribution in [0.5, 0.6) is 0 Å². The average Bonchev–Trinajstić information content (AvgIpc) is 2.47. The van der Waals surface area contributed by atoms with Crippen molar-refractivity contribution in [2.24, 2.45) is 5.73 Å². The van der Waals surface area contributed by atoms with E-state index in [0.717, 1.165) is 22.0 Å². The summed E-state index contributed by atoms with van der Waals surface area (Å²) in [5, 5.41) is 1.10. The summed E-state index contributed by atoms with van der Waals surface area (Å²) in [4.78, 5) is 4.34. The van der Waals surface area contributed by atoms with Crippen molar-refractivity contribution in [1.29, 1.82) is 0 Å². The summed E-state index contributed by atoms with van der Waals surface area (Å²) in [6.07, 6.45) is 2.45. The summed E-state index contributed by atoms with van der Waals surface area (Å²) in [6.45, 7) is 0. The molecule has 2 aromatic carbocycles. The lowest BCUT2D eigenvalue weighted by atomic mass is 9.97. The Morgan fingerprint density at radius 1 is 1.05 bits per heavy atom. The van der Waals surface area contributed by atoms with Crippen molar-refractivity contribution >= 4 is 10.9 Å². The fourth-order valence-corrected chi connectivity index (χ4v) is 2.43. The van der Waals surface area contributed by atoms with Gasteiger partial charge in [-0.15, -0.1) is 0 Å². The Morgan fingerprint density at radius 2 is 1.90 bits per heavy atom. The van der Waals surface area contributed by atoms with Crippen molar-refractivity contribution in [3.8, 4) is 0 Å². The van der Waals surface area contributed by atoms with Gasteiger partial charge in [-0.25, -0.2) is 4.39 Å². The van der Waals surface area contributed by atoms with E-state index in [1.807, 2.05) is 36.4 Å². The van der Waals surface area contributed by atoms with Crippen LogP contribution < -0.4 is 5.73 Å². The molecule has 1 aromatic heterocycles. The number of nitrogens with zero attached hydrogens (tertiary/aromatic N) is 1. The van der Waals surface area contributed by atoms with Crippen LogP contribution in [-0.4, -0.2) is 4.98 Å². The first-order chi connectivity index (χ1) is 9.74. The second-order valence-electron chi connectivity index (χ2n) is 4.85. The van der Waals surface area contributed by atoms with E-state index >= 15 is 0 Å². The van der Waals surface area contributed by atoms with E-state index in [2.05, 4.69) is 4.98 Å². The Balaban J connectivity index is 1.93. The van der Waals surface area contributed by atoms with Gasteiger partial charge >= 0.3 is 0 Å². The molecule has 3 aromatic rings. The van der Waals surface area contributed by atoms with E-state index in [-0.39, 0.29) is 11.9 Å². The number of hydrogen-bond donors (Lipinski definition) is 1. The van der Waals surface area contributed by atoms with Crippen LogP contribution in [0.25, 0.3) is 10.9 Å². The third kappa shape index (κ3) is 2.53. The Bertz CT molecular complexity index is 734. The second-order valence-corrected chi connectivity index (χ2v) is 4.85. The van der Waals surface area contributed by atoms with E-state index in [9.17, 15) is 4.39 Å². The van der Waals surface area contributed by atoms with E-state index in [1.54, 1.807) is 12.3 Å². The van der Waals surface area contributed by atoms with Crippen molar-refractivity contribution < 1.29 is 4.39 Å². The van der Waals surface area contributed by atoms with Gasteiger partial charge in [-0.05, 0) is 41.8 Å². The molecular formula is C17H15FN2. The van der Waals surface area contributed by atoms with Crippen molar-refractivity contribution in [2.75, 3.05) is 0 Å². The highest BCUT2D eigenvalue weighted by Crippen LogP contribution is 2.22. The van der Waals surface area contributed by atoms with Crippen LogP contribution in [0.4, 0.5) is 4.39 Å². The van der Waals surface area contributed by atoms with E-state index < -0.39 is 0 Å². The molecule has 1 heterocycles. The zero-order valence-corrected chi connectivity index (χ0v) is 11.0. The summed E-state index contributed by atoms with van der Waals surface area (Å²) in [5.74, 6) is -0.252. The third-order valence-electron chi connectivity index (χ3n) is 3.46. The van der Waals surface area contributed by atoms with Crippen molar-refractivity contribution in [3.05, 3.63) is 77.7 Å². The molecule has 0 bridgehead atoms. The maximum Gasteiger partial charge on any atom is 0.123 e. The normalized spacial score (nSPS) is 12.5. The third-order valence-corrected chi connectivity index (χ3v) is 3.46. The fourth-order valence-electron chi connectivity index (χ4n) is 2.43. The molecule has 0 aliphatic rings. The van der Waals surface area contributed by atoms with Crippen LogP contribution in [0, 0.1) is 5.82 Å². The SMILES string of the molecule is NC(Cc1ccnc2ccccc12)c1cccc(F)c1. The molecular weight excluding hydrogens is 251 g/mol. The Kier molecular flexibility index (Phi) is 3.44. The molecule has 0 spiro atoms. The van der Waals surface area contributed by atoms with E-state index in [4.69, 9.17) is 5.73 Å². The van der Waals surface area contributed by atoms with Crippen LogP contribution in [0.1, 0.15) is 17.2 Å². The minimum Gasteiger partial charge on any atom is -0.324 e. The predicted molar refractivity (Wildman–Crippen MR) is 78.8 cm³/mol. The van der Waals surface area contributed by atoms with Gasteiger partial charge in [0.05, 0.1) is 5.52 Å². The quantitative estimate of drug-likeness (QED) is 0.786. The molecule has 3 rings (SSSR count). The minimum absolute atomic E-state index is 0.225. The molecule has 2 nitrogen and oxygen atoms in total. The van der Waals surface area contributed by atoms with E-state index in [0.29, 0.717) is 6.42 Å². The topological polar surface area (TPSA) is 38.9 Å². The smallest absolute Gasteiger partial charge is 0.123 e. The number of hydrogen-bond acceptors (Lipinski definition) is 2. The average molecular weight is 266 g/mol. The highest BCUT2D eigenvalue weighted by molar-refractivity contribution is 5.81. The van der Waals surface area contributed by atoms with Gasteiger partial charge < -0.3 is 5.73 Å². The Labute approximate surface area is 117 Å². The molecule has 2 N–H and O–H groups in total. The first kappa shape index (κ1) is 12.8. The lowest BCUT2D eigenvalue weighted by molar-refractivity contribution is 0.619. The largest absolute Gasteiger partial charge is 0.324 e. The van der Waals surface area contributed by atoms with Gasteiger partial charge in [-0.2, -0.15) is 0 Å². The Morgan fingerprint density at radius 3 is 2.75 bits per heavy atom. The Hall–Kier alpha value is -2.26. The molecule has 0 radical (unpaired) electrons. The highest BCUT2D eigenvalue weighted by atomic mass is 19.1. The number of halogens is 1. The highest BCUT2D eigenvalue weighted by Gasteiger charge is 2.10. The first-order valence-electron chi connectivity index (χ1n) is 6.58. The van der Waals surface area contributed by atoms with Crippen LogP contribution in [0.2, 0.25) is 0 Å². The standard InChI is InChI=1S/C17H15FN2/c18-14-5-3-4-13(10-14)16(19)11-12-8-9-20-17-7-2-1-6-15(12)17/h1-10,16H,11,19H2. The molecule has 100 valence electrons. The molecule has 0 saturated carbocycles. The summed E-state index contributed by atoms with van der Waals surface area (Å²) in [5.41, 5.74) is 9.10. The van der Waals surface area contributed by atoms with Gasteiger partial charge in [-0.1, -0.05) is 30.3 Å². The molecule has 0 aliphatic carbocycles. The van der Waals surface area contributed by atoms with Gasteiger partial charge in [0, 0.05) is 17.6 Å². The summed E-state index contributed by atoms with van der Waals surface area (Å²) in [7, 11) is 0. The van der Waals surface area contributed by atoms with Gasteiger partial charge in [0.2, 0.25) is 0 Å². The predicted octanol–water partition coefficient (Wildman–Crippen LogP) is 3.62. The number of nitrogens with two attached hydrogens (primary N) is 1. The van der Waals surface area contributed by atoms with Crippen LogP contribution in [0.15, 0.2) is 60.8 Å². The molecule has 20 heavy (non-hydrogen) atoms. The maximum absolute atomic E-state index is 13.3. The number of rotatable bonds is 3. The van der Waals surface area contributed by atoms with Crippen molar-refractivity contribution in [3.63, 3.8) is 0 Å². The molecule has 0 amide bonds. The van der Waals surface area contributed by atoms with Crippen LogP contribution >= 0.6 is 0 Å². The lowest BCUT2D eigenvalue weighted by Crippen LogP contribution is -2.13. The number of pyridine rings is 1. The zero-order valence-electron chi connectivity index (χ0n) is 11.0. The number of benzene rings is 2. The van der Waals surface area contributed by atoms with E-state index in [1.165, 1.54) is 12.1 Å². The summed E-state index contributed by atoms with van der Waals surface area (Å²) >= 11 is 0. The molecule has 0 saturated heterocycles. The monoisotopic (exact) mass is 266 g/mol. The van der Waals surface area contributed by atoms with Crippen molar-refractivity contribution in [2.45, 2.75) is 12.5 Å². The first-order valence-corrected chi connectivity index (χ1v) is 6.58. The second kappa shape index (κ2) is 5.39. The molecule has 3 heteroatoms. The fraction of sp³-hybridized carbons (Fsp3) is 0.118. The van der Waals surface area contributed by atoms with Crippen molar-refractivity contribution in [1.82, 2.24) is 4.98 Å². The van der Waals surface area contributed by atoms with Crippen LogP contribution in [0.3, 0.4) is 0 Å². The van der Waals surface area contributed by atoms with Gasteiger partial charge in [0.25, 0.3) is 0 Å². The molecule has 0 fully saturated rings. The number of fused-ring (bicyclic) bond motifs is 1. The molecule has 1 atom stereocenters. The van der Waals surface area contributed by atoms with Gasteiger partial charge in [0.15, 0.2) is 0 Å². The maximum atomic E-state index is 13.3. The molecule has 0 aliphatic heterocycles. The molecule has 1 unspecified atom stereocenters. The van der Waals surface area contributed by atoms with Gasteiger partial charge in [0.1, 0.15) is 5.82 Å². The summed E-state index contributed by atoms with van der Waals surface area (Å²) in [6, 6.07) is 16.2. The van der Waals surface area contributed by atoms with Crippen LogP contribution in [-0.2, 0) is 6.42 Å². The van der Waals surface area contributed by atoms with Gasteiger partial charge in [-0.3, -0.25) is 4.98 Å². The lowest BCUT2D eigenvalue weighted by Gasteiger charge is -2.13. The number of para-hydroxylation sites is 1. The summed E-state index contributed by atoms with van der Waals surface area (Å²) < 4.78 is 13.3. The number of aromatic nitrogens is 1. The minimum atomic E-state index is -0.252. The zero-order chi connectivity index (χ0) is 13.9.